The smallest absolute Gasteiger partial charge is 0.164 e. The lowest BCUT2D eigenvalue weighted by atomic mass is 9.59. The van der Waals surface area contributed by atoms with Gasteiger partial charge in [0.25, 0.3) is 0 Å². The van der Waals surface area contributed by atoms with Gasteiger partial charge in [0.15, 0.2) is 17.5 Å². The predicted molar refractivity (Wildman–Crippen MR) is 307 cm³/mol. The number of aromatic nitrogens is 3. The summed E-state index contributed by atoms with van der Waals surface area (Å²) in [5, 5.41) is 2.00. The lowest BCUT2D eigenvalue weighted by molar-refractivity contribution is 0.669. The third kappa shape index (κ3) is 7.34. The molecule has 14 heteroatoms. The highest BCUT2D eigenvalue weighted by Crippen LogP contribution is 2.39. The van der Waals surface area contributed by atoms with Gasteiger partial charge in [0.1, 0.15) is 89.6 Å². The molecule has 0 saturated heterocycles. The van der Waals surface area contributed by atoms with Gasteiger partial charge in [-0.2, -0.15) is 0 Å². The Labute approximate surface area is 390 Å². The van der Waals surface area contributed by atoms with E-state index < -0.39 is 0 Å². The number of benzene rings is 8. The highest BCUT2D eigenvalue weighted by atomic mass is 16.3. The number of furan rings is 1. The number of hydrogen-bond acceptors (Lipinski definition) is 4. The van der Waals surface area contributed by atoms with Gasteiger partial charge in [-0.1, -0.05) is 125 Å². The summed E-state index contributed by atoms with van der Waals surface area (Å²) >= 11 is 0. The van der Waals surface area contributed by atoms with E-state index in [4.69, 9.17) is 19.4 Å². The van der Waals surface area contributed by atoms with Crippen molar-refractivity contribution in [3.63, 3.8) is 0 Å². The van der Waals surface area contributed by atoms with Gasteiger partial charge in [0, 0.05) is 27.5 Å². The molecule has 0 fully saturated rings. The quantitative estimate of drug-likeness (QED) is 0.154. The van der Waals surface area contributed by atoms with E-state index >= 15 is 0 Å². The maximum Gasteiger partial charge on any atom is 0.164 e. The second-order valence-corrected chi connectivity index (χ2v) is 17.9. The summed E-state index contributed by atoms with van der Waals surface area (Å²) in [6.07, 6.45) is 0. The van der Waals surface area contributed by atoms with E-state index in [1.165, 1.54) is 88.0 Å². The van der Waals surface area contributed by atoms with Crippen molar-refractivity contribution < 1.29 is 4.42 Å². The largest absolute Gasteiger partial charge is 0.456 e. The Balaban J connectivity index is 1.10. The van der Waals surface area contributed by atoms with Gasteiger partial charge in [0.2, 0.25) is 0 Å². The number of rotatable bonds is 7. The lowest BCUT2D eigenvalue weighted by Crippen LogP contribution is -2.55. The van der Waals surface area contributed by atoms with Crippen molar-refractivity contribution in [2.24, 2.45) is 0 Å². The minimum absolute atomic E-state index is 0.602. The molecule has 65 heavy (non-hydrogen) atoms. The van der Waals surface area contributed by atoms with E-state index in [0.29, 0.717) is 17.5 Å². The minimum Gasteiger partial charge on any atom is -0.456 e. The lowest BCUT2D eigenvalue weighted by Gasteiger charge is -2.24. The molecule has 2 heterocycles. The molecular weight excluding hydrogens is 779 g/mol. The maximum atomic E-state index is 6.51. The van der Waals surface area contributed by atoms with E-state index in [-0.39, 0.29) is 0 Å². The molecule has 0 aliphatic heterocycles. The zero-order valence-corrected chi connectivity index (χ0v) is 39.0. The van der Waals surface area contributed by atoms with Crippen molar-refractivity contribution in [3.8, 4) is 78.7 Å². The Bertz CT molecular complexity index is 3340. The average molecular weight is 822 g/mol. The van der Waals surface area contributed by atoms with Crippen LogP contribution in [0.3, 0.4) is 0 Å². The molecule has 4 nitrogen and oxygen atoms in total. The summed E-state index contributed by atoms with van der Waals surface area (Å²) in [6, 6.07) is 49.1. The first kappa shape index (κ1) is 42.2. The normalized spacial score (nSPS) is 11.4. The summed E-state index contributed by atoms with van der Waals surface area (Å²) in [5.41, 5.74) is 27.8. The van der Waals surface area contributed by atoms with Crippen LogP contribution < -0.4 is 54.6 Å². The van der Waals surface area contributed by atoms with Crippen LogP contribution in [0.15, 0.2) is 144 Å². The monoisotopic (exact) mass is 823 g/mol. The Morgan fingerprint density at radius 2 is 0.708 bits per heavy atom. The van der Waals surface area contributed by atoms with Crippen LogP contribution in [0.1, 0.15) is 0 Å². The molecule has 8 aromatic carbocycles. The molecule has 10 rings (SSSR count). The Hall–Kier alpha value is -6.78. The SMILES string of the molecule is Bc1c(B)c(B)c(-c2cc(-c3ccc(-c4ccc5oc6cccc(-c7nc(-c8ccccc8)nc(-c8ccccc8)n7)c6c5c4)cc3)cc(-c3c(B)c(B)c(B)c(B)c3B)c2)c(B)c1B. The molecule has 0 saturated carbocycles. The van der Waals surface area contributed by atoms with Gasteiger partial charge >= 0.3 is 0 Å². The highest BCUT2D eigenvalue weighted by Gasteiger charge is 2.21. The molecular formula is C51H43B10N3O. The van der Waals surface area contributed by atoms with E-state index in [9.17, 15) is 0 Å². The highest BCUT2D eigenvalue weighted by molar-refractivity contribution is 6.70. The first-order valence-corrected chi connectivity index (χ1v) is 22.6. The topological polar surface area (TPSA) is 51.8 Å². The van der Waals surface area contributed by atoms with E-state index in [2.05, 4.69) is 145 Å². The Kier molecular flexibility index (Phi) is 10.8. The van der Waals surface area contributed by atoms with E-state index in [1.807, 2.05) is 72.8 Å². The number of hydrogen-bond donors (Lipinski definition) is 0. The van der Waals surface area contributed by atoms with Crippen LogP contribution in [0.5, 0.6) is 0 Å². The van der Waals surface area contributed by atoms with Crippen LogP contribution in [-0.4, -0.2) is 93.4 Å². The fraction of sp³-hybridized carbons (Fsp3) is 0. The van der Waals surface area contributed by atoms with Gasteiger partial charge in [-0.05, 0) is 80.9 Å². The second-order valence-electron chi connectivity index (χ2n) is 17.9. The fourth-order valence-electron chi connectivity index (χ4n) is 9.93. The van der Waals surface area contributed by atoms with Gasteiger partial charge in [-0.15, -0.1) is 32.8 Å². The van der Waals surface area contributed by atoms with E-state index in [0.717, 1.165) is 49.8 Å². The molecule has 0 bridgehead atoms. The van der Waals surface area contributed by atoms with Crippen molar-refractivity contribution in [3.05, 3.63) is 140 Å². The van der Waals surface area contributed by atoms with Crippen molar-refractivity contribution in [2.75, 3.05) is 0 Å². The van der Waals surface area contributed by atoms with E-state index in [1.54, 1.807) is 0 Å². The van der Waals surface area contributed by atoms with Crippen molar-refractivity contribution in [1.29, 1.82) is 0 Å². The van der Waals surface area contributed by atoms with Crippen molar-refractivity contribution in [2.45, 2.75) is 0 Å². The van der Waals surface area contributed by atoms with Crippen LogP contribution >= 0.6 is 0 Å². The Morgan fingerprint density at radius 1 is 0.292 bits per heavy atom. The molecule has 2 aromatic heterocycles. The van der Waals surface area contributed by atoms with Gasteiger partial charge in [-0.25, -0.2) is 15.0 Å². The average Bonchev–Trinajstić information content (AvgIpc) is 3.73. The molecule has 0 amide bonds. The van der Waals surface area contributed by atoms with Crippen LogP contribution in [0.25, 0.3) is 101 Å². The molecule has 0 unspecified atom stereocenters. The standard InChI is InChI=1S/C51H43B10N3O/c52-39-36(40(53)44(57)47(60)43(39)56)30-20-29(21-31(22-30)37-41(54)45(58)48(61)46(59)42(37)55)25-16-14-24(15-17-25)28-18-19-34-33(23-28)38-32(12-7-13-35(38)65-34)51-63-49(26-8-3-1-4-9-26)62-50(64-51)27-10-5-2-6-11-27/h1-23H,52-61H2. The molecule has 0 aliphatic rings. The van der Waals surface area contributed by atoms with Crippen molar-refractivity contribution >= 4 is 155 Å². The van der Waals surface area contributed by atoms with Crippen LogP contribution in [0.4, 0.5) is 0 Å². The summed E-state index contributed by atoms with van der Waals surface area (Å²) in [7, 11) is 22.8. The van der Waals surface area contributed by atoms with Gasteiger partial charge in [-0.3, -0.25) is 0 Å². The zero-order valence-electron chi connectivity index (χ0n) is 39.0. The van der Waals surface area contributed by atoms with Gasteiger partial charge in [0.05, 0.1) is 0 Å². The molecule has 298 valence electrons. The summed E-state index contributed by atoms with van der Waals surface area (Å²) in [4.78, 5) is 15.1. The first-order chi connectivity index (χ1) is 31.4. The summed E-state index contributed by atoms with van der Waals surface area (Å²) in [5.74, 6) is 1.85. The second kappa shape index (κ2) is 16.7. The first-order valence-electron chi connectivity index (χ1n) is 22.6. The van der Waals surface area contributed by atoms with Gasteiger partial charge < -0.3 is 4.42 Å². The minimum atomic E-state index is 0.602. The third-order valence-electron chi connectivity index (χ3n) is 14.5. The Morgan fingerprint density at radius 3 is 1.20 bits per heavy atom. The molecule has 0 spiro atoms. The van der Waals surface area contributed by atoms with Crippen LogP contribution in [-0.2, 0) is 0 Å². The predicted octanol–water partition coefficient (Wildman–Crippen LogP) is -3.98. The summed E-state index contributed by atoms with van der Waals surface area (Å²) in [6.45, 7) is 0. The molecule has 0 N–H and O–H groups in total. The fourth-order valence-corrected chi connectivity index (χ4v) is 9.93. The molecule has 10 aromatic rings. The maximum absolute atomic E-state index is 6.51. The molecule has 0 atom stereocenters. The number of nitrogens with zero attached hydrogens (tertiary/aromatic N) is 3. The van der Waals surface area contributed by atoms with Crippen LogP contribution in [0.2, 0.25) is 0 Å². The van der Waals surface area contributed by atoms with Crippen LogP contribution in [0, 0.1) is 0 Å². The third-order valence-corrected chi connectivity index (χ3v) is 14.5. The van der Waals surface area contributed by atoms with Crippen molar-refractivity contribution in [1.82, 2.24) is 15.0 Å². The zero-order chi connectivity index (χ0) is 45.3. The number of fused-ring (bicyclic) bond motifs is 3. The summed E-state index contributed by atoms with van der Waals surface area (Å²) < 4.78 is 6.51. The molecule has 0 radical (unpaired) electrons. The molecule has 0 aliphatic carbocycles.